The molecule has 146 valence electrons. The molecular weight excluding hydrogens is 356 g/mol. The summed E-state index contributed by atoms with van der Waals surface area (Å²) >= 11 is 0. The van der Waals surface area contributed by atoms with Gasteiger partial charge in [0.1, 0.15) is 17.6 Å². The molecule has 8 nitrogen and oxygen atoms in total. The summed E-state index contributed by atoms with van der Waals surface area (Å²) in [6.45, 7) is 6.88. The first kappa shape index (κ1) is 19.3. The molecule has 0 aliphatic heterocycles. The first-order valence-corrected chi connectivity index (χ1v) is 9.08. The lowest BCUT2D eigenvalue weighted by atomic mass is 10.1. The van der Waals surface area contributed by atoms with Crippen LogP contribution in [0, 0.1) is 5.92 Å². The van der Waals surface area contributed by atoms with Gasteiger partial charge in [0.05, 0.1) is 0 Å². The second kappa shape index (κ2) is 7.67. The molecule has 3 rings (SSSR count). The second-order valence-corrected chi connectivity index (χ2v) is 7.23. The molecule has 3 aromatic rings. The minimum Gasteiger partial charge on any atom is -0.368 e. The number of aromatic nitrogens is 3. The molecule has 1 aromatic carbocycles. The number of carbonyl (C=O) groups is 2. The molecule has 2 amide bonds. The Bertz CT molecular complexity index is 1040. The van der Waals surface area contributed by atoms with Crippen LogP contribution in [0.15, 0.2) is 36.5 Å². The van der Waals surface area contributed by atoms with Crippen LogP contribution in [0.2, 0.25) is 0 Å². The number of nitrogens with two attached hydrogens (primary N) is 2. The van der Waals surface area contributed by atoms with Crippen molar-refractivity contribution in [3.63, 3.8) is 0 Å². The second-order valence-electron chi connectivity index (χ2n) is 7.23. The molecule has 0 radical (unpaired) electrons. The van der Waals surface area contributed by atoms with Gasteiger partial charge in [-0.2, -0.15) is 0 Å². The summed E-state index contributed by atoms with van der Waals surface area (Å²) in [5.41, 5.74) is 12.6. The van der Waals surface area contributed by atoms with Gasteiger partial charge in [0.25, 0.3) is 5.91 Å². The van der Waals surface area contributed by atoms with Gasteiger partial charge in [0.15, 0.2) is 5.82 Å². The van der Waals surface area contributed by atoms with E-state index in [9.17, 15) is 9.59 Å². The lowest BCUT2D eigenvalue weighted by Gasteiger charge is -2.13. The molecule has 0 spiro atoms. The quantitative estimate of drug-likeness (QED) is 0.578. The topological polar surface area (TPSA) is 129 Å². The summed E-state index contributed by atoms with van der Waals surface area (Å²) in [6, 6.07) is 8.66. The number of hydrogen-bond donors (Lipinski definition) is 3. The van der Waals surface area contributed by atoms with Gasteiger partial charge in [-0.15, -0.1) is 0 Å². The molecule has 1 unspecified atom stereocenters. The fraction of sp³-hybridized carbons (Fsp3) is 0.300. The largest absolute Gasteiger partial charge is 0.368 e. The van der Waals surface area contributed by atoms with E-state index in [-0.39, 0.29) is 5.69 Å². The molecule has 1 atom stereocenters. The molecule has 5 N–H and O–H groups in total. The van der Waals surface area contributed by atoms with E-state index >= 15 is 0 Å². The van der Waals surface area contributed by atoms with Crippen molar-refractivity contribution >= 4 is 28.5 Å². The van der Waals surface area contributed by atoms with Crippen LogP contribution in [0.5, 0.6) is 0 Å². The van der Waals surface area contributed by atoms with Crippen LogP contribution in [0.4, 0.5) is 5.82 Å². The van der Waals surface area contributed by atoms with Crippen molar-refractivity contribution in [1.82, 2.24) is 14.5 Å². The van der Waals surface area contributed by atoms with Gasteiger partial charge < -0.3 is 21.4 Å². The Balaban J connectivity index is 2.03. The van der Waals surface area contributed by atoms with Gasteiger partial charge in [0, 0.05) is 35.3 Å². The summed E-state index contributed by atoms with van der Waals surface area (Å²) in [5.74, 6) is -0.0282. The zero-order valence-electron chi connectivity index (χ0n) is 16.1. The van der Waals surface area contributed by atoms with E-state index in [0.29, 0.717) is 17.6 Å². The van der Waals surface area contributed by atoms with Crippen LogP contribution >= 0.6 is 0 Å². The van der Waals surface area contributed by atoms with Crippen molar-refractivity contribution < 1.29 is 9.59 Å². The molecule has 0 fully saturated rings. The Hall–Kier alpha value is -3.42. The van der Waals surface area contributed by atoms with Gasteiger partial charge in [-0.05, 0) is 37.1 Å². The summed E-state index contributed by atoms with van der Waals surface area (Å²) in [4.78, 5) is 31.7. The predicted octanol–water partition coefficient (Wildman–Crippen LogP) is 2.14. The maximum Gasteiger partial charge on any atom is 0.267 e. The van der Waals surface area contributed by atoms with Crippen LogP contribution in [0.1, 0.15) is 31.3 Å². The molecule has 0 aliphatic carbocycles. The third-order valence-corrected chi connectivity index (χ3v) is 4.36. The Kier molecular flexibility index (Phi) is 5.30. The van der Waals surface area contributed by atoms with Crippen LogP contribution in [-0.2, 0) is 11.3 Å². The Morgan fingerprint density at radius 1 is 1.11 bits per heavy atom. The maximum absolute atomic E-state index is 11.7. The summed E-state index contributed by atoms with van der Waals surface area (Å²) in [7, 11) is 0. The highest BCUT2D eigenvalue weighted by Gasteiger charge is 2.15. The highest BCUT2D eigenvalue weighted by molar-refractivity contribution is 5.92. The van der Waals surface area contributed by atoms with E-state index in [1.165, 1.54) is 6.07 Å². The normalized spacial score (nSPS) is 12.3. The number of fused-ring (bicyclic) bond motifs is 1. The fourth-order valence-corrected chi connectivity index (χ4v) is 2.96. The van der Waals surface area contributed by atoms with E-state index in [4.69, 9.17) is 11.5 Å². The van der Waals surface area contributed by atoms with Crippen LogP contribution in [-0.4, -0.2) is 32.4 Å². The predicted molar refractivity (Wildman–Crippen MR) is 109 cm³/mol. The van der Waals surface area contributed by atoms with E-state index in [0.717, 1.165) is 23.0 Å². The van der Waals surface area contributed by atoms with E-state index in [1.807, 2.05) is 24.3 Å². The number of amides is 2. The van der Waals surface area contributed by atoms with Gasteiger partial charge in [-0.25, -0.2) is 9.97 Å². The minimum atomic E-state index is -0.678. The summed E-state index contributed by atoms with van der Waals surface area (Å²) in [5, 5.41) is 3.92. The molecule has 28 heavy (non-hydrogen) atoms. The van der Waals surface area contributed by atoms with E-state index < -0.39 is 17.9 Å². The standard InChI is InChI=1S/C20H24N6O2/c1-11(2)10-26-7-6-13-8-14(4-5-16(13)26)20-24-15(19(22)28)9-17(25-20)23-12(3)18(21)27/h4-9,11-12H,10H2,1-3H3,(H2,21,27)(H2,22,28)(H,23,24,25). The molecule has 0 saturated heterocycles. The number of rotatable bonds is 7. The molecule has 2 aromatic heterocycles. The van der Waals surface area contributed by atoms with E-state index in [2.05, 4.69) is 39.9 Å². The van der Waals surface area contributed by atoms with Crippen molar-refractivity contribution in [2.24, 2.45) is 17.4 Å². The van der Waals surface area contributed by atoms with Crippen LogP contribution in [0.3, 0.4) is 0 Å². The van der Waals surface area contributed by atoms with Crippen molar-refractivity contribution in [3.8, 4) is 11.4 Å². The monoisotopic (exact) mass is 380 g/mol. The zero-order chi connectivity index (χ0) is 20.4. The Labute approximate surface area is 163 Å². The third kappa shape index (κ3) is 4.11. The van der Waals surface area contributed by atoms with Gasteiger partial charge >= 0.3 is 0 Å². The van der Waals surface area contributed by atoms with Crippen molar-refractivity contribution in [2.45, 2.75) is 33.4 Å². The highest BCUT2D eigenvalue weighted by atomic mass is 16.1. The van der Waals surface area contributed by atoms with Crippen molar-refractivity contribution in [1.29, 1.82) is 0 Å². The van der Waals surface area contributed by atoms with Gasteiger partial charge in [-0.3, -0.25) is 9.59 Å². The Morgan fingerprint density at radius 2 is 1.86 bits per heavy atom. The van der Waals surface area contributed by atoms with Crippen molar-refractivity contribution in [2.75, 3.05) is 5.32 Å². The highest BCUT2D eigenvalue weighted by Crippen LogP contribution is 2.25. The van der Waals surface area contributed by atoms with Crippen LogP contribution < -0.4 is 16.8 Å². The molecule has 0 saturated carbocycles. The number of primary amides is 2. The number of nitrogens with zero attached hydrogens (tertiary/aromatic N) is 3. The lowest BCUT2D eigenvalue weighted by Crippen LogP contribution is -2.33. The fourth-order valence-electron chi connectivity index (χ4n) is 2.96. The number of hydrogen-bond acceptors (Lipinski definition) is 5. The summed E-state index contributed by atoms with van der Waals surface area (Å²) in [6.07, 6.45) is 2.05. The average molecular weight is 380 g/mol. The van der Waals surface area contributed by atoms with Crippen LogP contribution in [0.25, 0.3) is 22.3 Å². The summed E-state index contributed by atoms with van der Waals surface area (Å²) < 4.78 is 2.20. The number of anilines is 1. The molecule has 2 heterocycles. The first-order chi connectivity index (χ1) is 13.2. The number of nitrogens with one attached hydrogen (secondary N) is 1. The zero-order valence-corrected chi connectivity index (χ0v) is 16.1. The molecule has 8 heteroatoms. The maximum atomic E-state index is 11.7. The molecular formula is C20H24N6O2. The minimum absolute atomic E-state index is 0.0571. The van der Waals surface area contributed by atoms with Gasteiger partial charge in [0.2, 0.25) is 5.91 Å². The Morgan fingerprint density at radius 3 is 2.50 bits per heavy atom. The average Bonchev–Trinajstić information content (AvgIpc) is 3.02. The molecule has 0 aliphatic rings. The lowest BCUT2D eigenvalue weighted by molar-refractivity contribution is -0.118. The third-order valence-electron chi connectivity index (χ3n) is 4.36. The van der Waals surface area contributed by atoms with Gasteiger partial charge in [-0.1, -0.05) is 13.8 Å². The van der Waals surface area contributed by atoms with Crippen molar-refractivity contribution in [3.05, 3.63) is 42.2 Å². The number of carbonyl (C=O) groups excluding carboxylic acids is 2. The first-order valence-electron chi connectivity index (χ1n) is 9.08. The number of benzene rings is 1. The van der Waals surface area contributed by atoms with E-state index in [1.54, 1.807) is 6.92 Å². The smallest absolute Gasteiger partial charge is 0.267 e. The molecule has 0 bridgehead atoms. The SMILES string of the molecule is CC(C)Cn1ccc2cc(-c3nc(NC(C)C(N)=O)cc(C(N)=O)n3)ccc21.